The lowest BCUT2D eigenvalue weighted by molar-refractivity contribution is 0.410. The largest absolute Gasteiger partial charge is 0.313 e. The van der Waals surface area contributed by atoms with E-state index >= 15 is 0 Å². The first-order valence-corrected chi connectivity index (χ1v) is 6.77. The third-order valence-corrected chi connectivity index (χ3v) is 4.11. The second-order valence-electron chi connectivity index (χ2n) is 4.30. The molecule has 1 aliphatic rings. The van der Waals surface area contributed by atoms with E-state index in [0.717, 1.165) is 11.1 Å². The van der Waals surface area contributed by atoms with E-state index in [1.807, 2.05) is 19.9 Å². The van der Waals surface area contributed by atoms with Crippen LogP contribution in [0.4, 0.5) is 0 Å². The molecule has 1 aromatic carbocycles. The van der Waals surface area contributed by atoms with Crippen molar-refractivity contribution in [3.63, 3.8) is 0 Å². The van der Waals surface area contributed by atoms with Crippen LogP contribution in [0, 0.1) is 13.8 Å². The minimum absolute atomic E-state index is 0.0332. The highest BCUT2D eigenvalue weighted by molar-refractivity contribution is 7.89. The van der Waals surface area contributed by atoms with Crippen LogP contribution in [-0.4, -0.2) is 27.5 Å². The zero-order valence-corrected chi connectivity index (χ0v) is 10.3. The first-order valence-electron chi connectivity index (χ1n) is 5.29. The third-order valence-electron chi connectivity index (χ3n) is 2.61. The fraction of sp³-hybridized carbons (Fsp3) is 0.455. The molecule has 1 aliphatic heterocycles. The molecule has 0 amide bonds. The predicted octanol–water partition coefficient (Wildman–Crippen LogP) is 0.554. The molecule has 0 aromatic heterocycles. The SMILES string of the molecule is Cc1cc(C)cc(S(=O)(=O)NC2CNC2)c1. The Balaban J connectivity index is 2.27. The highest BCUT2D eigenvalue weighted by atomic mass is 32.2. The zero-order valence-electron chi connectivity index (χ0n) is 9.45. The van der Waals surface area contributed by atoms with Gasteiger partial charge in [0.1, 0.15) is 0 Å². The maximum atomic E-state index is 12.0. The summed E-state index contributed by atoms with van der Waals surface area (Å²) in [7, 11) is -3.36. The van der Waals surface area contributed by atoms with Crippen molar-refractivity contribution in [2.24, 2.45) is 0 Å². The van der Waals surface area contributed by atoms with Crippen LogP contribution in [0.15, 0.2) is 23.1 Å². The molecule has 0 unspecified atom stereocenters. The molecule has 1 aromatic rings. The van der Waals surface area contributed by atoms with Crippen molar-refractivity contribution >= 4 is 10.0 Å². The van der Waals surface area contributed by atoms with Gasteiger partial charge < -0.3 is 5.32 Å². The number of sulfonamides is 1. The Hall–Kier alpha value is -0.910. The summed E-state index contributed by atoms with van der Waals surface area (Å²) in [5, 5.41) is 3.03. The van der Waals surface area contributed by atoms with Crippen molar-refractivity contribution < 1.29 is 8.42 Å². The normalized spacial score (nSPS) is 17.1. The van der Waals surface area contributed by atoms with Gasteiger partial charge in [-0.1, -0.05) is 6.07 Å². The number of rotatable bonds is 3. The van der Waals surface area contributed by atoms with Gasteiger partial charge in [-0.15, -0.1) is 0 Å². The van der Waals surface area contributed by atoms with Gasteiger partial charge in [-0.25, -0.2) is 13.1 Å². The van der Waals surface area contributed by atoms with E-state index in [0.29, 0.717) is 18.0 Å². The lowest BCUT2D eigenvalue weighted by Gasteiger charge is -2.27. The van der Waals surface area contributed by atoms with Crippen molar-refractivity contribution in [1.29, 1.82) is 0 Å². The summed E-state index contributed by atoms with van der Waals surface area (Å²) in [6, 6.07) is 5.39. The van der Waals surface area contributed by atoms with E-state index < -0.39 is 10.0 Å². The van der Waals surface area contributed by atoms with E-state index in [1.54, 1.807) is 12.1 Å². The number of hydrogen-bond acceptors (Lipinski definition) is 3. The molecule has 4 nitrogen and oxygen atoms in total. The number of aryl methyl sites for hydroxylation is 2. The van der Waals surface area contributed by atoms with Gasteiger partial charge in [0.05, 0.1) is 4.90 Å². The van der Waals surface area contributed by atoms with Crippen LogP contribution in [0.25, 0.3) is 0 Å². The second-order valence-corrected chi connectivity index (χ2v) is 6.01. The number of nitrogens with one attached hydrogen (secondary N) is 2. The number of benzene rings is 1. The van der Waals surface area contributed by atoms with Gasteiger partial charge in [-0.2, -0.15) is 0 Å². The molecule has 1 heterocycles. The summed E-state index contributed by atoms with van der Waals surface area (Å²) >= 11 is 0. The quantitative estimate of drug-likeness (QED) is 0.811. The average molecular weight is 240 g/mol. The van der Waals surface area contributed by atoms with Crippen LogP contribution in [0.3, 0.4) is 0 Å². The second kappa shape index (κ2) is 4.16. The summed E-state index contributed by atoms with van der Waals surface area (Å²) in [6.07, 6.45) is 0. The van der Waals surface area contributed by atoms with E-state index in [2.05, 4.69) is 10.0 Å². The fourth-order valence-corrected chi connectivity index (χ4v) is 3.17. The summed E-state index contributed by atoms with van der Waals surface area (Å²) in [5.74, 6) is 0. The van der Waals surface area contributed by atoms with Gasteiger partial charge in [0.15, 0.2) is 0 Å². The van der Waals surface area contributed by atoms with Crippen LogP contribution in [0.5, 0.6) is 0 Å². The maximum absolute atomic E-state index is 12.0. The van der Waals surface area contributed by atoms with Gasteiger partial charge in [0, 0.05) is 19.1 Å². The van der Waals surface area contributed by atoms with Crippen molar-refractivity contribution in [2.75, 3.05) is 13.1 Å². The Kier molecular flexibility index (Phi) is 3.01. The molecule has 2 N–H and O–H groups in total. The summed E-state index contributed by atoms with van der Waals surface area (Å²) in [6.45, 7) is 5.22. The molecule has 2 rings (SSSR count). The van der Waals surface area contributed by atoms with Crippen molar-refractivity contribution in [3.8, 4) is 0 Å². The molecule has 1 fully saturated rings. The van der Waals surface area contributed by atoms with Gasteiger partial charge in [0.25, 0.3) is 0 Å². The minimum atomic E-state index is -3.36. The van der Waals surface area contributed by atoms with Gasteiger partial charge in [0.2, 0.25) is 10.0 Å². The molecule has 0 atom stereocenters. The van der Waals surface area contributed by atoms with Crippen LogP contribution in [-0.2, 0) is 10.0 Å². The molecule has 0 radical (unpaired) electrons. The van der Waals surface area contributed by atoms with Crippen LogP contribution in [0.1, 0.15) is 11.1 Å². The maximum Gasteiger partial charge on any atom is 0.240 e. The standard InChI is InChI=1S/C11H16N2O2S/c1-8-3-9(2)5-11(4-8)16(14,15)13-10-6-12-7-10/h3-5,10,12-13H,6-7H2,1-2H3. The Morgan fingerprint density at radius 1 is 1.19 bits per heavy atom. The summed E-state index contributed by atoms with van der Waals surface area (Å²) in [5.41, 5.74) is 1.93. The van der Waals surface area contributed by atoms with E-state index in [1.165, 1.54) is 0 Å². The Labute approximate surface area is 96.1 Å². The van der Waals surface area contributed by atoms with Crippen LogP contribution in [0.2, 0.25) is 0 Å². The molecule has 0 spiro atoms. The highest BCUT2D eigenvalue weighted by Gasteiger charge is 2.24. The lowest BCUT2D eigenvalue weighted by Crippen LogP contribution is -2.56. The van der Waals surface area contributed by atoms with Gasteiger partial charge in [-0.05, 0) is 37.1 Å². The van der Waals surface area contributed by atoms with Crippen molar-refractivity contribution in [3.05, 3.63) is 29.3 Å². The molecule has 5 heteroatoms. The molecule has 88 valence electrons. The van der Waals surface area contributed by atoms with Crippen LogP contribution < -0.4 is 10.0 Å². The smallest absolute Gasteiger partial charge is 0.240 e. The molecule has 0 aliphatic carbocycles. The average Bonchev–Trinajstić information content (AvgIpc) is 2.10. The van der Waals surface area contributed by atoms with Crippen LogP contribution >= 0.6 is 0 Å². The van der Waals surface area contributed by atoms with Crippen molar-refractivity contribution in [2.45, 2.75) is 24.8 Å². The molecule has 1 saturated heterocycles. The minimum Gasteiger partial charge on any atom is -0.313 e. The van der Waals surface area contributed by atoms with E-state index in [4.69, 9.17) is 0 Å². The summed E-state index contributed by atoms with van der Waals surface area (Å²) in [4.78, 5) is 0.358. The first kappa shape index (κ1) is 11.6. The highest BCUT2D eigenvalue weighted by Crippen LogP contribution is 2.15. The predicted molar refractivity (Wildman–Crippen MR) is 62.9 cm³/mol. The van der Waals surface area contributed by atoms with E-state index in [9.17, 15) is 8.42 Å². The Bertz CT molecular complexity index is 472. The van der Waals surface area contributed by atoms with E-state index in [-0.39, 0.29) is 6.04 Å². The molecular weight excluding hydrogens is 224 g/mol. The third kappa shape index (κ3) is 2.42. The lowest BCUT2D eigenvalue weighted by atomic mass is 10.2. The molecular formula is C11H16N2O2S. The van der Waals surface area contributed by atoms with Crippen molar-refractivity contribution in [1.82, 2.24) is 10.0 Å². The monoisotopic (exact) mass is 240 g/mol. The first-order chi connectivity index (χ1) is 7.47. The molecule has 16 heavy (non-hydrogen) atoms. The summed E-state index contributed by atoms with van der Waals surface area (Å²) < 4.78 is 26.7. The Morgan fingerprint density at radius 2 is 1.75 bits per heavy atom. The van der Waals surface area contributed by atoms with Gasteiger partial charge in [-0.3, -0.25) is 0 Å². The zero-order chi connectivity index (χ0) is 11.8. The number of hydrogen-bond donors (Lipinski definition) is 2. The molecule has 0 saturated carbocycles. The van der Waals surface area contributed by atoms with Gasteiger partial charge >= 0.3 is 0 Å². The Morgan fingerprint density at radius 3 is 2.19 bits per heavy atom. The fourth-order valence-electron chi connectivity index (χ4n) is 1.75. The topological polar surface area (TPSA) is 58.2 Å². The molecule has 0 bridgehead atoms.